The summed E-state index contributed by atoms with van der Waals surface area (Å²) in [5, 5.41) is 6.60. The number of guanidine groups is 1. The van der Waals surface area contributed by atoms with Crippen molar-refractivity contribution in [2.75, 3.05) is 41.5 Å². The van der Waals surface area contributed by atoms with Gasteiger partial charge in [0.15, 0.2) is 5.96 Å². The third kappa shape index (κ3) is 8.58. The highest BCUT2D eigenvalue weighted by Crippen LogP contribution is 2.24. The first-order valence-corrected chi connectivity index (χ1v) is 7.89. The Labute approximate surface area is 162 Å². The number of halogens is 1. The van der Waals surface area contributed by atoms with E-state index in [-0.39, 0.29) is 24.0 Å². The summed E-state index contributed by atoms with van der Waals surface area (Å²) in [5.74, 6) is 2.37. The van der Waals surface area contributed by atoms with E-state index >= 15 is 0 Å². The highest BCUT2D eigenvalue weighted by molar-refractivity contribution is 14.0. The Balaban J connectivity index is 0.00000529. The zero-order valence-corrected chi connectivity index (χ0v) is 17.4. The van der Waals surface area contributed by atoms with Gasteiger partial charge in [0.1, 0.15) is 11.5 Å². The number of hydrogen-bond acceptors (Lipinski definition) is 4. The van der Waals surface area contributed by atoms with Crippen LogP contribution < -0.4 is 20.1 Å². The lowest BCUT2D eigenvalue weighted by Gasteiger charge is -2.14. The molecule has 0 radical (unpaired) electrons. The Morgan fingerprint density at radius 3 is 2.46 bits per heavy atom. The zero-order chi connectivity index (χ0) is 16.9. The van der Waals surface area contributed by atoms with Crippen LogP contribution in [0.15, 0.2) is 23.2 Å². The van der Waals surface area contributed by atoms with Crippen molar-refractivity contribution in [3.05, 3.63) is 23.8 Å². The third-order valence-corrected chi connectivity index (χ3v) is 3.48. The molecule has 1 aromatic rings. The minimum Gasteiger partial charge on any atom is -0.497 e. The fourth-order valence-corrected chi connectivity index (χ4v) is 2.15. The summed E-state index contributed by atoms with van der Waals surface area (Å²) >= 11 is 0. The number of unbranched alkanes of at least 4 members (excludes halogenated alkanes) is 2. The lowest BCUT2D eigenvalue weighted by Crippen LogP contribution is -2.37. The number of hydrogen-bond donors (Lipinski definition) is 2. The molecule has 0 spiro atoms. The van der Waals surface area contributed by atoms with Gasteiger partial charge in [-0.05, 0) is 31.4 Å². The largest absolute Gasteiger partial charge is 0.497 e. The predicted molar refractivity (Wildman–Crippen MR) is 109 cm³/mol. The summed E-state index contributed by atoms with van der Waals surface area (Å²) in [6, 6.07) is 5.79. The van der Waals surface area contributed by atoms with Gasteiger partial charge in [0.05, 0.1) is 14.2 Å². The molecule has 0 aliphatic heterocycles. The number of ether oxygens (including phenoxy) is 3. The third-order valence-electron chi connectivity index (χ3n) is 3.48. The molecule has 0 aliphatic carbocycles. The van der Waals surface area contributed by atoms with Crippen molar-refractivity contribution in [2.45, 2.75) is 25.8 Å². The minimum atomic E-state index is 0. The number of nitrogens with zero attached hydrogens (tertiary/aromatic N) is 1. The molecule has 0 atom stereocenters. The van der Waals surface area contributed by atoms with E-state index in [0.29, 0.717) is 6.54 Å². The van der Waals surface area contributed by atoms with Crippen LogP contribution in [0.1, 0.15) is 24.8 Å². The Morgan fingerprint density at radius 2 is 1.83 bits per heavy atom. The van der Waals surface area contributed by atoms with Crippen molar-refractivity contribution in [2.24, 2.45) is 4.99 Å². The van der Waals surface area contributed by atoms with E-state index in [0.717, 1.165) is 55.4 Å². The van der Waals surface area contributed by atoms with Crippen molar-refractivity contribution >= 4 is 29.9 Å². The smallest absolute Gasteiger partial charge is 0.191 e. The van der Waals surface area contributed by atoms with E-state index in [9.17, 15) is 0 Å². The quantitative estimate of drug-likeness (QED) is 0.248. The molecule has 0 saturated carbocycles. The Morgan fingerprint density at radius 1 is 1.04 bits per heavy atom. The molecule has 1 aromatic carbocycles. The van der Waals surface area contributed by atoms with Gasteiger partial charge in [0.25, 0.3) is 0 Å². The van der Waals surface area contributed by atoms with E-state index in [1.807, 2.05) is 18.2 Å². The van der Waals surface area contributed by atoms with Gasteiger partial charge in [-0.1, -0.05) is 0 Å². The summed E-state index contributed by atoms with van der Waals surface area (Å²) in [6.45, 7) is 2.35. The van der Waals surface area contributed by atoms with Crippen LogP contribution in [0.4, 0.5) is 0 Å². The lowest BCUT2D eigenvalue weighted by molar-refractivity contribution is 0.192. The molecule has 6 nitrogen and oxygen atoms in total. The summed E-state index contributed by atoms with van der Waals surface area (Å²) in [6.07, 6.45) is 3.33. The van der Waals surface area contributed by atoms with E-state index in [1.165, 1.54) is 0 Å². The van der Waals surface area contributed by atoms with Gasteiger partial charge in [-0.15, -0.1) is 24.0 Å². The second-order valence-corrected chi connectivity index (χ2v) is 5.08. The predicted octanol–water partition coefficient (Wildman–Crippen LogP) is 2.80. The number of methoxy groups -OCH3 is 3. The van der Waals surface area contributed by atoms with Crippen LogP contribution in [0.5, 0.6) is 11.5 Å². The molecule has 0 aromatic heterocycles. The molecule has 0 aliphatic rings. The van der Waals surface area contributed by atoms with Gasteiger partial charge < -0.3 is 24.8 Å². The Bertz CT molecular complexity index is 484. The topological polar surface area (TPSA) is 64.1 Å². The molecule has 0 bridgehead atoms. The molecule has 24 heavy (non-hydrogen) atoms. The maximum absolute atomic E-state index is 5.40. The van der Waals surface area contributed by atoms with Gasteiger partial charge in [0.2, 0.25) is 0 Å². The van der Waals surface area contributed by atoms with Crippen molar-refractivity contribution in [1.82, 2.24) is 10.6 Å². The van der Waals surface area contributed by atoms with Crippen molar-refractivity contribution in [3.8, 4) is 11.5 Å². The van der Waals surface area contributed by atoms with E-state index in [4.69, 9.17) is 14.2 Å². The van der Waals surface area contributed by atoms with Crippen LogP contribution in [-0.4, -0.2) is 47.5 Å². The molecule has 0 amide bonds. The first-order chi connectivity index (χ1) is 11.2. The second-order valence-electron chi connectivity index (χ2n) is 5.08. The highest BCUT2D eigenvalue weighted by Gasteiger charge is 2.06. The first kappa shape index (κ1) is 22.8. The van der Waals surface area contributed by atoms with Gasteiger partial charge in [-0.2, -0.15) is 0 Å². The first-order valence-electron chi connectivity index (χ1n) is 7.89. The lowest BCUT2D eigenvalue weighted by atomic mass is 10.2. The second kappa shape index (κ2) is 14.2. The van der Waals surface area contributed by atoms with Crippen molar-refractivity contribution in [3.63, 3.8) is 0 Å². The standard InChI is InChI=1S/C17H29N3O3.HI/c1-18-17(19-10-6-5-7-11-21-2)20-13-14-8-9-15(22-3)12-16(14)23-4;/h8-9,12H,5-7,10-11,13H2,1-4H3,(H2,18,19,20);1H. The molecule has 2 N–H and O–H groups in total. The van der Waals surface area contributed by atoms with Crippen molar-refractivity contribution in [1.29, 1.82) is 0 Å². The molecule has 0 saturated heterocycles. The SMILES string of the molecule is CN=C(NCCCCCOC)NCc1ccc(OC)cc1OC.I. The van der Waals surface area contributed by atoms with Gasteiger partial charge in [0, 0.05) is 45.5 Å². The molecular formula is C17H30IN3O3. The van der Waals surface area contributed by atoms with E-state index < -0.39 is 0 Å². The summed E-state index contributed by atoms with van der Waals surface area (Å²) < 4.78 is 15.6. The Hall–Kier alpha value is -1.22. The minimum absolute atomic E-state index is 0. The highest BCUT2D eigenvalue weighted by atomic mass is 127. The number of nitrogens with one attached hydrogen (secondary N) is 2. The monoisotopic (exact) mass is 451 g/mol. The maximum Gasteiger partial charge on any atom is 0.191 e. The van der Waals surface area contributed by atoms with Gasteiger partial charge in [-0.25, -0.2) is 0 Å². The maximum atomic E-state index is 5.40. The van der Waals surface area contributed by atoms with E-state index in [1.54, 1.807) is 28.4 Å². The van der Waals surface area contributed by atoms with Crippen LogP contribution in [0.2, 0.25) is 0 Å². The summed E-state index contributed by atoms with van der Waals surface area (Å²) in [5.41, 5.74) is 1.05. The fourth-order valence-electron chi connectivity index (χ4n) is 2.15. The number of aliphatic imine (C=N–C) groups is 1. The molecule has 1 rings (SSSR count). The molecular weight excluding hydrogens is 421 g/mol. The van der Waals surface area contributed by atoms with Crippen LogP contribution in [-0.2, 0) is 11.3 Å². The van der Waals surface area contributed by atoms with Crippen LogP contribution in [0, 0.1) is 0 Å². The van der Waals surface area contributed by atoms with Crippen molar-refractivity contribution < 1.29 is 14.2 Å². The van der Waals surface area contributed by atoms with Gasteiger partial charge in [-0.3, -0.25) is 4.99 Å². The molecule has 138 valence electrons. The number of benzene rings is 1. The number of rotatable bonds is 10. The van der Waals surface area contributed by atoms with Crippen LogP contribution in [0.3, 0.4) is 0 Å². The summed E-state index contributed by atoms with van der Waals surface area (Å²) in [4.78, 5) is 4.23. The molecule has 0 heterocycles. The summed E-state index contributed by atoms with van der Waals surface area (Å²) in [7, 11) is 6.80. The average Bonchev–Trinajstić information content (AvgIpc) is 2.60. The van der Waals surface area contributed by atoms with Crippen LogP contribution >= 0.6 is 24.0 Å². The molecule has 7 heteroatoms. The normalized spacial score (nSPS) is 10.8. The van der Waals surface area contributed by atoms with Gasteiger partial charge >= 0.3 is 0 Å². The molecule has 0 fully saturated rings. The van der Waals surface area contributed by atoms with E-state index in [2.05, 4.69) is 15.6 Å². The fraction of sp³-hybridized carbons (Fsp3) is 0.588. The average molecular weight is 451 g/mol. The zero-order valence-electron chi connectivity index (χ0n) is 15.1. The van der Waals surface area contributed by atoms with Crippen LogP contribution in [0.25, 0.3) is 0 Å². The molecule has 0 unspecified atom stereocenters. The Kier molecular flexibility index (Phi) is 13.4.